The van der Waals surface area contributed by atoms with Gasteiger partial charge in [-0.15, -0.1) is 0 Å². The van der Waals surface area contributed by atoms with Crippen molar-refractivity contribution in [3.63, 3.8) is 0 Å². The van der Waals surface area contributed by atoms with Gasteiger partial charge < -0.3 is 5.11 Å². The quantitative estimate of drug-likeness (QED) is 0.760. The third-order valence-corrected chi connectivity index (χ3v) is 2.86. The van der Waals surface area contributed by atoms with Gasteiger partial charge in [0.1, 0.15) is 0 Å². The van der Waals surface area contributed by atoms with Crippen LogP contribution in [0.2, 0.25) is 0 Å². The molecule has 0 aromatic heterocycles. The van der Waals surface area contributed by atoms with Crippen molar-refractivity contribution in [1.82, 2.24) is 0 Å². The largest absolute Gasteiger partial charge is 0.512 e. The Morgan fingerprint density at radius 3 is 2.67 bits per heavy atom. The van der Waals surface area contributed by atoms with Crippen molar-refractivity contribution in [2.45, 2.75) is 25.7 Å². The molecule has 0 heterocycles. The van der Waals surface area contributed by atoms with E-state index in [9.17, 15) is 9.90 Å². The summed E-state index contributed by atoms with van der Waals surface area (Å²) in [6, 6.07) is 8.03. The van der Waals surface area contributed by atoms with E-state index < -0.39 is 0 Å². The van der Waals surface area contributed by atoms with Gasteiger partial charge in [0.25, 0.3) is 0 Å². The average molecular weight is 202 g/mol. The molecule has 0 unspecified atom stereocenters. The first-order valence-electron chi connectivity index (χ1n) is 5.14. The molecule has 0 saturated carbocycles. The van der Waals surface area contributed by atoms with Crippen molar-refractivity contribution in [3.05, 3.63) is 47.2 Å². The van der Waals surface area contributed by atoms with E-state index in [1.54, 1.807) is 0 Å². The fourth-order valence-electron chi connectivity index (χ4n) is 2.14. The molecule has 2 nitrogen and oxygen atoms in total. The van der Waals surface area contributed by atoms with E-state index in [0.29, 0.717) is 12.8 Å². The molecule has 78 valence electrons. The van der Waals surface area contributed by atoms with Crippen LogP contribution < -0.4 is 0 Å². The molecule has 1 aliphatic rings. The van der Waals surface area contributed by atoms with E-state index in [1.807, 2.05) is 31.2 Å². The van der Waals surface area contributed by atoms with Crippen molar-refractivity contribution in [1.29, 1.82) is 0 Å². The van der Waals surface area contributed by atoms with E-state index >= 15 is 0 Å². The number of hydrogen-bond donors (Lipinski definition) is 1. The lowest BCUT2D eigenvalue weighted by Gasteiger charge is -2.21. The van der Waals surface area contributed by atoms with E-state index in [1.165, 1.54) is 17.2 Å². The number of ketones is 1. The molecule has 1 aromatic rings. The highest BCUT2D eigenvalue weighted by atomic mass is 16.3. The van der Waals surface area contributed by atoms with Gasteiger partial charge in [0.2, 0.25) is 0 Å². The predicted octanol–water partition coefficient (Wildman–Crippen LogP) is 2.88. The standard InChI is InChI=1S/C13H14O2/c1-9-4-2-3-5-13(9)10-6-11(14)8-12(15)7-10/h2-5,8,10,14H,6-7H2,1H3/t10-/m1/s1. The molecule has 0 bridgehead atoms. The number of allylic oxidation sites excluding steroid dienone is 2. The molecule has 1 aliphatic carbocycles. The maximum absolute atomic E-state index is 11.3. The maximum Gasteiger partial charge on any atom is 0.159 e. The minimum Gasteiger partial charge on any atom is -0.512 e. The lowest BCUT2D eigenvalue weighted by Crippen LogP contribution is -2.13. The lowest BCUT2D eigenvalue weighted by molar-refractivity contribution is -0.115. The van der Waals surface area contributed by atoms with Crippen molar-refractivity contribution < 1.29 is 9.90 Å². The molecule has 0 saturated heterocycles. The summed E-state index contributed by atoms with van der Waals surface area (Å²) in [5, 5.41) is 9.44. The topological polar surface area (TPSA) is 37.3 Å². The minimum atomic E-state index is 0.0204. The molecular weight excluding hydrogens is 188 g/mol. The Labute approximate surface area is 89.2 Å². The summed E-state index contributed by atoms with van der Waals surface area (Å²) in [6.45, 7) is 2.04. The normalized spacial score (nSPS) is 21.3. The van der Waals surface area contributed by atoms with Crippen LogP contribution in [0.15, 0.2) is 36.1 Å². The highest BCUT2D eigenvalue weighted by Crippen LogP contribution is 2.31. The minimum absolute atomic E-state index is 0.0204. The second kappa shape index (κ2) is 3.89. The summed E-state index contributed by atoms with van der Waals surface area (Å²) >= 11 is 0. The molecule has 1 N–H and O–H groups in total. The molecular formula is C13H14O2. The Balaban J connectivity index is 2.30. The number of aryl methyl sites for hydroxylation is 1. The molecule has 0 spiro atoms. The summed E-state index contributed by atoms with van der Waals surface area (Å²) in [4.78, 5) is 11.3. The summed E-state index contributed by atoms with van der Waals surface area (Å²) in [5.74, 6) is 0.371. The molecule has 1 atom stereocenters. The zero-order valence-electron chi connectivity index (χ0n) is 8.73. The van der Waals surface area contributed by atoms with Crippen molar-refractivity contribution in [2.24, 2.45) is 0 Å². The van der Waals surface area contributed by atoms with Crippen LogP contribution in [-0.2, 0) is 4.79 Å². The van der Waals surface area contributed by atoms with Gasteiger partial charge in [0, 0.05) is 18.9 Å². The van der Waals surface area contributed by atoms with Gasteiger partial charge in [-0.05, 0) is 24.0 Å². The molecule has 0 fully saturated rings. The zero-order valence-corrected chi connectivity index (χ0v) is 8.73. The first-order valence-corrected chi connectivity index (χ1v) is 5.14. The van der Waals surface area contributed by atoms with E-state index in [4.69, 9.17) is 0 Å². The summed E-state index contributed by atoms with van der Waals surface area (Å²) in [6.07, 6.45) is 2.43. The van der Waals surface area contributed by atoms with Crippen molar-refractivity contribution in [2.75, 3.05) is 0 Å². The monoisotopic (exact) mass is 202 g/mol. The van der Waals surface area contributed by atoms with Gasteiger partial charge >= 0.3 is 0 Å². The fourth-order valence-corrected chi connectivity index (χ4v) is 2.14. The number of hydrogen-bond acceptors (Lipinski definition) is 2. The van der Waals surface area contributed by atoms with Gasteiger partial charge in [0.15, 0.2) is 5.78 Å². The average Bonchev–Trinajstić information content (AvgIpc) is 2.16. The van der Waals surface area contributed by atoms with Gasteiger partial charge in [-0.1, -0.05) is 24.3 Å². The summed E-state index contributed by atoms with van der Waals surface area (Å²) in [7, 11) is 0. The van der Waals surface area contributed by atoms with Crippen molar-refractivity contribution >= 4 is 5.78 Å². The molecule has 1 aromatic carbocycles. The fraction of sp³-hybridized carbons (Fsp3) is 0.308. The van der Waals surface area contributed by atoms with Gasteiger partial charge in [-0.3, -0.25) is 4.79 Å². The summed E-state index contributed by atoms with van der Waals surface area (Å²) < 4.78 is 0. The molecule has 15 heavy (non-hydrogen) atoms. The Morgan fingerprint density at radius 1 is 1.27 bits per heavy atom. The van der Waals surface area contributed by atoms with Crippen LogP contribution in [0.1, 0.15) is 29.9 Å². The van der Waals surface area contributed by atoms with Crippen LogP contribution in [0.5, 0.6) is 0 Å². The third kappa shape index (κ3) is 2.09. The zero-order chi connectivity index (χ0) is 10.8. The second-order valence-electron chi connectivity index (χ2n) is 4.06. The third-order valence-electron chi connectivity index (χ3n) is 2.86. The summed E-state index contributed by atoms with van der Waals surface area (Å²) in [5.41, 5.74) is 2.36. The highest BCUT2D eigenvalue weighted by molar-refractivity contribution is 5.91. The van der Waals surface area contributed by atoms with Gasteiger partial charge in [-0.25, -0.2) is 0 Å². The van der Waals surface area contributed by atoms with E-state index in [2.05, 4.69) is 0 Å². The SMILES string of the molecule is Cc1ccccc1[C@H]1CC(=O)C=C(O)C1. The number of aliphatic hydroxyl groups excluding tert-OH is 1. The second-order valence-corrected chi connectivity index (χ2v) is 4.06. The predicted molar refractivity (Wildman–Crippen MR) is 58.9 cm³/mol. The number of carbonyl (C=O) groups is 1. The Kier molecular flexibility index (Phi) is 2.58. The van der Waals surface area contributed by atoms with Gasteiger partial charge in [0.05, 0.1) is 5.76 Å². The van der Waals surface area contributed by atoms with Crippen LogP contribution in [0.4, 0.5) is 0 Å². The maximum atomic E-state index is 11.3. The Bertz CT molecular complexity index is 418. The molecule has 0 aliphatic heterocycles. The number of carbonyl (C=O) groups excluding carboxylic acids is 1. The van der Waals surface area contributed by atoms with Gasteiger partial charge in [-0.2, -0.15) is 0 Å². The molecule has 2 rings (SSSR count). The van der Waals surface area contributed by atoms with Crippen LogP contribution in [0.3, 0.4) is 0 Å². The van der Waals surface area contributed by atoms with Crippen LogP contribution in [0.25, 0.3) is 0 Å². The Morgan fingerprint density at radius 2 is 2.00 bits per heavy atom. The first-order chi connectivity index (χ1) is 7.16. The smallest absolute Gasteiger partial charge is 0.159 e. The molecule has 0 radical (unpaired) electrons. The van der Waals surface area contributed by atoms with E-state index in [-0.39, 0.29) is 17.5 Å². The van der Waals surface area contributed by atoms with Crippen molar-refractivity contribution in [3.8, 4) is 0 Å². The molecule has 2 heteroatoms. The van der Waals surface area contributed by atoms with E-state index in [0.717, 1.165) is 0 Å². The Hall–Kier alpha value is -1.57. The van der Waals surface area contributed by atoms with Crippen LogP contribution in [-0.4, -0.2) is 10.9 Å². The highest BCUT2D eigenvalue weighted by Gasteiger charge is 2.22. The number of aliphatic hydroxyl groups is 1. The van der Waals surface area contributed by atoms with Crippen LogP contribution >= 0.6 is 0 Å². The number of rotatable bonds is 1. The first kappa shape index (κ1) is 9.97. The molecule has 0 amide bonds. The number of benzene rings is 1. The van der Waals surface area contributed by atoms with Crippen LogP contribution in [0, 0.1) is 6.92 Å². The lowest BCUT2D eigenvalue weighted by atomic mass is 9.84.